The van der Waals surface area contributed by atoms with Crippen molar-refractivity contribution in [2.24, 2.45) is 0 Å². The molecule has 0 amide bonds. The first-order chi connectivity index (χ1) is 13.1. The highest BCUT2D eigenvalue weighted by atomic mass is 19.4. The lowest BCUT2D eigenvalue weighted by Crippen LogP contribution is -2.19. The van der Waals surface area contributed by atoms with Crippen molar-refractivity contribution in [2.45, 2.75) is 6.18 Å². The number of carboxylic acid groups (broad SMARTS) is 1. The second kappa shape index (κ2) is 7.06. The molecule has 0 unspecified atom stereocenters. The third-order valence-corrected chi connectivity index (χ3v) is 3.63. The van der Waals surface area contributed by atoms with E-state index in [1.807, 2.05) is 0 Å². The van der Waals surface area contributed by atoms with Crippen molar-refractivity contribution in [1.82, 2.24) is 9.97 Å². The summed E-state index contributed by atoms with van der Waals surface area (Å²) in [4.78, 5) is 27.4. The summed E-state index contributed by atoms with van der Waals surface area (Å²) in [6.45, 7) is 0. The van der Waals surface area contributed by atoms with Crippen LogP contribution in [0.3, 0.4) is 0 Å². The number of nitrogens with zero attached hydrogens (tertiary/aromatic N) is 1. The van der Waals surface area contributed by atoms with Crippen molar-refractivity contribution in [3.8, 4) is 17.1 Å². The molecule has 0 spiro atoms. The SMILES string of the molecule is O=C(O)c1cc(-c2ccc(C=Cc3cc(C(F)(F)F)[nH]c(=O)n3)o2)ccc1O. The zero-order valence-electron chi connectivity index (χ0n) is 13.8. The van der Waals surface area contributed by atoms with Gasteiger partial charge in [0.25, 0.3) is 0 Å². The van der Waals surface area contributed by atoms with Gasteiger partial charge in [-0.05, 0) is 48.6 Å². The van der Waals surface area contributed by atoms with Gasteiger partial charge < -0.3 is 19.6 Å². The normalized spacial score (nSPS) is 11.8. The number of phenols is 1. The standard InChI is InChI=1S/C18H11F3N2O5/c19-18(20,21)15-8-10(22-17(27)23-15)2-3-11-4-6-14(28-11)9-1-5-13(24)12(7-9)16(25)26/h1-8,24H,(H,25,26)(H,22,23,27). The molecule has 3 rings (SSSR count). The molecule has 0 bridgehead atoms. The molecule has 3 N–H and O–H groups in total. The van der Waals surface area contributed by atoms with Gasteiger partial charge >= 0.3 is 17.8 Å². The molecular formula is C18H11F3N2O5. The number of aromatic amines is 1. The summed E-state index contributed by atoms with van der Waals surface area (Å²) in [6.07, 6.45) is -2.24. The van der Waals surface area contributed by atoms with Crippen LogP contribution in [-0.2, 0) is 6.18 Å². The summed E-state index contributed by atoms with van der Waals surface area (Å²) in [6, 6.07) is 7.57. The molecule has 144 valence electrons. The van der Waals surface area contributed by atoms with Crippen LogP contribution in [0.5, 0.6) is 5.75 Å². The number of carboxylic acids is 1. The third-order valence-electron chi connectivity index (χ3n) is 3.63. The molecule has 0 fully saturated rings. The highest BCUT2D eigenvalue weighted by Crippen LogP contribution is 2.29. The largest absolute Gasteiger partial charge is 0.507 e. The number of aromatic nitrogens is 2. The number of benzene rings is 1. The number of aromatic carboxylic acids is 1. The number of hydrogen-bond donors (Lipinski definition) is 3. The Kier molecular flexibility index (Phi) is 4.78. The van der Waals surface area contributed by atoms with Crippen LogP contribution in [0.25, 0.3) is 23.5 Å². The second-order valence-electron chi connectivity index (χ2n) is 5.60. The van der Waals surface area contributed by atoms with Gasteiger partial charge in [0, 0.05) is 5.56 Å². The smallest absolute Gasteiger partial charge is 0.431 e. The molecule has 10 heteroatoms. The minimum Gasteiger partial charge on any atom is -0.507 e. The van der Waals surface area contributed by atoms with E-state index in [-0.39, 0.29) is 22.8 Å². The van der Waals surface area contributed by atoms with E-state index in [0.29, 0.717) is 11.6 Å². The Morgan fingerprint density at radius 3 is 2.57 bits per heavy atom. The van der Waals surface area contributed by atoms with Crippen LogP contribution < -0.4 is 5.69 Å². The number of rotatable bonds is 4. The first-order valence-corrected chi connectivity index (χ1v) is 7.66. The van der Waals surface area contributed by atoms with E-state index in [2.05, 4.69) is 4.98 Å². The Morgan fingerprint density at radius 1 is 1.14 bits per heavy atom. The Balaban J connectivity index is 1.88. The number of aromatic hydroxyl groups is 1. The number of furan rings is 1. The zero-order chi connectivity index (χ0) is 20.5. The topological polar surface area (TPSA) is 116 Å². The van der Waals surface area contributed by atoms with E-state index < -0.39 is 29.3 Å². The van der Waals surface area contributed by atoms with E-state index in [1.165, 1.54) is 42.5 Å². The van der Waals surface area contributed by atoms with Crippen molar-refractivity contribution in [3.05, 3.63) is 69.6 Å². The van der Waals surface area contributed by atoms with Crippen LogP contribution in [0.15, 0.2) is 45.6 Å². The predicted octanol–water partition coefficient (Wildman–Crippen LogP) is 3.62. The number of nitrogens with one attached hydrogen (secondary N) is 1. The Hall–Kier alpha value is -3.82. The average molecular weight is 392 g/mol. The quantitative estimate of drug-likeness (QED) is 0.624. The van der Waals surface area contributed by atoms with Gasteiger partial charge in [-0.2, -0.15) is 18.2 Å². The maximum atomic E-state index is 12.7. The van der Waals surface area contributed by atoms with Gasteiger partial charge in [-0.3, -0.25) is 0 Å². The molecule has 0 aliphatic carbocycles. The molecule has 28 heavy (non-hydrogen) atoms. The molecule has 2 aromatic heterocycles. The summed E-state index contributed by atoms with van der Waals surface area (Å²) in [5.74, 6) is -1.21. The van der Waals surface area contributed by atoms with Crippen LogP contribution in [0, 0.1) is 0 Å². The van der Waals surface area contributed by atoms with Gasteiger partial charge in [0.15, 0.2) is 0 Å². The second-order valence-corrected chi connectivity index (χ2v) is 5.60. The number of halogens is 3. The van der Waals surface area contributed by atoms with Gasteiger partial charge in [-0.15, -0.1) is 0 Å². The van der Waals surface area contributed by atoms with Gasteiger partial charge in [0.05, 0.1) is 5.69 Å². The van der Waals surface area contributed by atoms with Gasteiger partial charge in [0.1, 0.15) is 28.5 Å². The summed E-state index contributed by atoms with van der Waals surface area (Å²) in [5, 5.41) is 18.6. The van der Waals surface area contributed by atoms with Crippen LogP contribution in [0.1, 0.15) is 27.5 Å². The summed E-state index contributed by atoms with van der Waals surface area (Å²) >= 11 is 0. The monoisotopic (exact) mass is 392 g/mol. The molecule has 0 aliphatic heterocycles. The van der Waals surface area contributed by atoms with E-state index in [4.69, 9.17) is 9.52 Å². The number of alkyl halides is 3. The summed E-state index contributed by atoms with van der Waals surface area (Å²) in [5.41, 5.74) is -2.51. The minimum atomic E-state index is -4.72. The highest BCUT2D eigenvalue weighted by Gasteiger charge is 2.32. The molecule has 2 heterocycles. The fourth-order valence-corrected chi connectivity index (χ4v) is 2.34. The number of H-pyrrole nitrogens is 1. The molecule has 0 aliphatic rings. The van der Waals surface area contributed by atoms with Crippen molar-refractivity contribution < 1.29 is 32.6 Å². The van der Waals surface area contributed by atoms with Crippen LogP contribution in [0.2, 0.25) is 0 Å². The lowest BCUT2D eigenvalue weighted by Gasteiger charge is -2.05. The fraction of sp³-hybridized carbons (Fsp3) is 0.0556. The van der Waals surface area contributed by atoms with Crippen molar-refractivity contribution in [1.29, 1.82) is 0 Å². The number of carbonyl (C=O) groups is 1. The lowest BCUT2D eigenvalue weighted by atomic mass is 10.1. The van der Waals surface area contributed by atoms with E-state index in [0.717, 1.165) is 0 Å². The third kappa shape index (κ3) is 4.11. The van der Waals surface area contributed by atoms with E-state index >= 15 is 0 Å². The highest BCUT2D eigenvalue weighted by molar-refractivity contribution is 5.92. The Morgan fingerprint density at radius 2 is 1.89 bits per heavy atom. The van der Waals surface area contributed by atoms with E-state index in [1.54, 1.807) is 4.98 Å². The average Bonchev–Trinajstić information content (AvgIpc) is 3.08. The van der Waals surface area contributed by atoms with Gasteiger partial charge in [0.2, 0.25) is 0 Å². The lowest BCUT2D eigenvalue weighted by molar-refractivity contribution is -0.141. The van der Waals surface area contributed by atoms with Crippen LogP contribution >= 0.6 is 0 Å². The fourth-order valence-electron chi connectivity index (χ4n) is 2.34. The molecule has 7 nitrogen and oxygen atoms in total. The van der Waals surface area contributed by atoms with E-state index in [9.17, 15) is 27.9 Å². The van der Waals surface area contributed by atoms with Crippen molar-refractivity contribution in [2.75, 3.05) is 0 Å². The van der Waals surface area contributed by atoms with Crippen LogP contribution in [-0.4, -0.2) is 26.2 Å². The number of hydrogen-bond acceptors (Lipinski definition) is 5. The molecular weight excluding hydrogens is 381 g/mol. The molecule has 0 saturated carbocycles. The maximum absolute atomic E-state index is 12.7. The van der Waals surface area contributed by atoms with Gasteiger partial charge in [-0.1, -0.05) is 0 Å². The summed E-state index contributed by atoms with van der Waals surface area (Å²) < 4.78 is 43.7. The first-order valence-electron chi connectivity index (χ1n) is 7.66. The van der Waals surface area contributed by atoms with Gasteiger partial charge in [-0.25, -0.2) is 9.59 Å². The maximum Gasteiger partial charge on any atom is 0.431 e. The molecule has 0 saturated heterocycles. The van der Waals surface area contributed by atoms with Crippen molar-refractivity contribution >= 4 is 18.1 Å². The molecule has 1 aromatic carbocycles. The van der Waals surface area contributed by atoms with Crippen LogP contribution in [0.4, 0.5) is 13.2 Å². The zero-order valence-corrected chi connectivity index (χ0v) is 13.8. The minimum absolute atomic E-state index is 0.216. The first kappa shape index (κ1) is 19.0. The molecule has 0 radical (unpaired) electrons. The Labute approximate surface area is 154 Å². The Bertz CT molecular complexity index is 1130. The molecule has 3 aromatic rings. The molecule has 0 atom stereocenters. The van der Waals surface area contributed by atoms with Crippen molar-refractivity contribution in [3.63, 3.8) is 0 Å². The predicted molar refractivity (Wildman–Crippen MR) is 91.6 cm³/mol. The summed E-state index contributed by atoms with van der Waals surface area (Å²) in [7, 11) is 0.